The molecule has 11 unspecified atom stereocenters. The maximum atomic E-state index is 12.6. The number of aliphatic hydroxyl groups is 7. The van der Waals surface area contributed by atoms with E-state index in [1.807, 2.05) is 0 Å². The van der Waals surface area contributed by atoms with Crippen LogP contribution in [0.25, 0.3) is 0 Å². The van der Waals surface area contributed by atoms with E-state index in [4.69, 9.17) is 28.4 Å². The number of rotatable bonds is 28. The van der Waals surface area contributed by atoms with Crippen molar-refractivity contribution in [3.8, 4) is 0 Å². The molecule has 0 bridgehead atoms. The minimum absolute atomic E-state index is 0.167. The molecule has 2 fully saturated rings. The number of esters is 2. The molecular weight excluding hydrogens is 684 g/mol. The topological polar surface area (TPSA) is 231 Å². The van der Waals surface area contributed by atoms with Gasteiger partial charge in [0.15, 0.2) is 18.7 Å². The fraction of sp³-hybridized carbons (Fsp3) is 0.946. The minimum atomic E-state index is -1.75. The number of carbonyl (C=O) groups is 2. The standard InChI is InChI=1S/C37H68O15/c1-3-4-5-6-7-8-9-10-11-12-13-14-15-16-17-18-19-20-29(40)50-26(22-47-25(2)39)23-48-36-35(46)33(44)31(42)28(52-36)24-49-37-34(45)32(43)30(41)27(21-38)51-37/h26-28,30-38,41-46H,3-24H2,1-2H3. The van der Waals surface area contributed by atoms with Gasteiger partial charge in [-0.2, -0.15) is 0 Å². The molecule has 0 aromatic heterocycles. The van der Waals surface area contributed by atoms with Crippen molar-refractivity contribution in [2.24, 2.45) is 0 Å². The Hall–Kier alpha value is -1.50. The van der Waals surface area contributed by atoms with Crippen molar-refractivity contribution in [1.82, 2.24) is 0 Å². The minimum Gasteiger partial charge on any atom is -0.462 e. The monoisotopic (exact) mass is 752 g/mol. The normalized spacial score (nSPS) is 29.9. The lowest BCUT2D eigenvalue weighted by atomic mass is 9.98. The average Bonchev–Trinajstić information content (AvgIpc) is 3.12. The van der Waals surface area contributed by atoms with Crippen LogP contribution < -0.4 is 0 Å². The van der Waals surface area contributed by atoms with E-state index in [1.165, 1.54) is 90.4 Å². The number of carbonyl (C=O) groups excluding carboxylic acids is 2. The van der Waals surface area contributed by atoms with Crippen LogP contribution in [-0.2, 0) is 38.0 Å². The smallest absolute Gasteiger partial charge is 0.306 e. The average molecular weight is 753 g/mol. The Balaban J connectivity index is 1.68. The molecule has 0 radical (unpaired) electrons. The van der Waals surface area contributed by atoms with Crippen molar-refractivity contribution in [3.05, 3.63) is 0 Å². The van der Waals surface area contributed by atoms with Crippen molar-refractivity contribution in [1.29, 1.82) is 0 Å². The van der Waals surface area contributed by atoms with Crippen LogP contribution in [0.15, 0.2) is 0 Å². The Morgan fingerprint density at radius 3 is 1.50 bits per heavy atom. The number of aliphatic hydroxyl groups excluding tert-OH is 7. The first-order valence-electron chi connectivity index (χ1n) is 19.6. The van der Waals surface area contributed by atoms with E-state index in [2.05, 4.69) is 6.92 Å². The van der Waals surface area contributed by atoms with E-state index in [0.29, 0.717) is 6.42 Å². The zero-order valence-corrected chi connectivity index (χ0v) is 31.3. The summed E-state index contributed by atoms with van der Waals surface area (Å²) in [7, 11) is 0. The Bertz CT molecular complexity index is 939. The quantitative estimate of drug-likeness (QED) is 0.0449. The molecule has 0 saturated carbocycles. The first kappa shape index (κ1) is 46.7. The van der Waals surface area contributed by atoms with Gasteiger partial charge in [-0.1, -0.05) is 110 Å². The highest BCUT2D eigenvalue weighted by atomic mass is 16.7. The van der Waals surface area contributed by atoms with E-state index < -0.39 is 92.7 Å². The van der Waals surface area contributed by atoms with Crippen LogP contribution in [0.3, 0.4) is 0 Å². The SMILES string of the molecule is CCCCCCCCCCCCCCCCCCCC(=O)OC(COC(C)=O)COC1OC(COC2OC(CO)C(O)C(O)C2O)C(O)C(O)C1O. The van der Waals surface area contributed by atoms with Gasteiger partial charge in [0.1, 0.15) is 55.4 Å². The maximum Gasteiger partial charge on any atom is 0.306 e. The third-order valence-electron chi connectivity index (χ3n) is 9.64. The van der Waals surface area contributed by atoms with Crippen molar-refractivity contribution >= 4 is 11.9 Å². The van der Waals surface area contributed by atoms with Gasteiger partial charge in [-0.3, -0.25) is 9.59 Å². The second kappa shape index (κ2) is 27.1. The van der Waals surface area contributed by atoms with Gasteiger partial charge in [0.05, 0.1) is 19.8 Å². The summed E-state index contributed by atoms with van der Waals surface area (Å²) in [6.07, 6.45) is 4.19. The van der Waals surface area contributed by atoms with Gasteiger partial charge in [-0.25, -0.2) is 0 Å². The third-order valence-corrected chi connectivity index (χ3v) is 9.64. The predicted octanol–water partition coefficient (Wildman–Crippen LogP) is 2.14. The second-order valence-electron chi connectivity index (χ2n) is 14.2. The summed E-state index contributed by atoms with van der Waals surface area (Å²) in [5.74, 6) is -1.11. The van der Waals surface area contributed by atoms with Gasteiger partial charge in [0.25, 0.3) is 0 Å². The number of hydrogen-bond donors (Lipinski definition) is 7. The highest BCUT2D eigenvalue weighted by Crippen LogP contribution is 2.26. The zero-order valence-electron chi connectivity index (χ0n) is 31.3. The molecule has 2 rings (SSSR count). The Morgan fingerprint density at radius 2 is 1.02 bits per heavy atom. The van der Waals surface area contributed by atoms with Crippen LogP contribution in [0.5, 0.6) is 0 Å². The van der Waals surface area contributed by atoms with Crippen molar-refractivity contribution in [2.45, 2.75) is 197 Å². The lowest BCUT2D eigenvalue weighted by Gasteiger charge is -2.42. The molecule has 306 valence electrons. The molecule has 0 aromatic rings. The van der Waals surface area contributed by atoms with Gasteiger partial charge < -0.3 is 64.2 Å². The highest BCUT2D eigenvalue weighted by molar-refractivity contribution is 5.69. The summed E-state index contributed by atoms with van der Waals surface area (Å²) < 4.78 is 32.4. The van der Waals surface area contributed by atoms with Crippen molar-refractivity contribution in [2.75, 3.05) is 26.4 Å². The summed E-state index contributed by atoms with van der Waals surface area (Å²) >= 11 is 0. The molecule has 7 N–H and O–H groups in total. The van der Waals surface area contributed by atoms with Crippen LogP contribution in [0.4, 0.5) is 0 Å². The van der Waals surface area contributed by atoms with E-state index in [9.17, 15) is 45.3 Å². The fourth-order valence-corrected chi connectivity index (χ4v) is 6.35. The molecular formula is C37H68O15. The Morgan fingerprint density at radius 1 is 0.577 bits per heavy atom. The van der Waals surface area contributed by atoms with Crippen LogP contribution in [0.1, 0.15) is 129 Å². The first-order valence-corrected chi connectivity index (χ1v) is 19.6. The fourth-order valence-electron chi connectivity index (χ4n) is 6.35. The zero-order chi connectivity index (χ0) is 38.3. The summed E-state index contributed by atoms with van der Waals surface area (Å²) in [4.78, 5) is 24.1. The molecule has 2 aliphatic rings. The van der Waals surface area contributed by atoms with Crippen LogP contribution >= 0.6 is 0 Å². The van der Waals surface area contributed by atoms with Gasteiger partial charge in [0, 0.05) is 13.3 Å². The molecule has 0 aliphatic carbocycles. The molecule has 15 heteroatoms. The highest BCUT2D eigenvalue weighted by Gasteiger charge is 2.47. The molecule has 2 saturated heterocycles. The lowest BCUT2D eigenvalue weighted by molar-refractivity contribution is -0.332. The van der Waals surface area contributed by atoms with Crippen molar-refractivity contribution < 1.29 is 73.8 Å². The van der Waals surface area contributed by atoms with E-state index in [-0.39, 0.29) is 19.6 Å². The Kier molecular flexibility index (Phi) is 24.3. The maximum absolute atomic E-state index is 12.6. The lowest BCUT2D eigenvalue weighted by Crippen LogP contribution is -2.61. The molecule has 11 atom stereocenters. The number of ether oxygens (including phenoxy) is 6. The first-order chi connectivity index (χ1) is 25.0. The molecule has 0 amide bonds. The number of hydrogen-bond acceptors (Lipinski definition) is 15. The summed E-state index contributed by atoms with van der Waals surface area (Å²) in [5.41, 5.74) is 0. The molecule has 0 spiro atoms. The molecule has 2 heterocycles. The van der Waals surface area contributed by atoms with Gasteiger partial charge in [-0.15, -0.1) is 0 Å². The van der Waals surface area contributed by atoms with Gasteiger partial charge in [-0.05, 0) is 6.42 Å². The van der Waals surface area contributed by atoms with Crippen LogP contribution in [0, 0.1) is 0 Å². The summed E-state index contributed by atoms with van der Waals surface area (Å²) in [5, 5.41) is 70.9. The molecule has 0 aromatic carbocycles. The van der Waals surface area contributed by atoms with E-state index in [0.717, 1.165) is 19.3 Å². The molecule has 15 nitrogen and oxygen atoms in total. The number of unbranched alkanes of at least 4 members (excludes halogenated alkanes) is 16. The largest absolute Gasteiger partial charge is 0.462 e. The molecule has 2 aliphatic heterocycles. The van der Waals surface area contributed by atoms with Gasteiger partial charge in [0.2, 0.25) is 0 Å². The van der Waals surface area contributed by atoms with E-state index in [1.54, 1.807) is 0 Å². The summed E-state index contributed by atoms with van der Waals surface area (Å²) in [6, 6.07) is 0. The molecule has 52 heavy (non-hydrogen) atoms. The van der Waals surface area contributed by atoms with Crippen LogP contribution in [-0.4, -0.2) is 142 Å². The predicted molar refractivity (Wildman–Crippen MR) is 188 cm³/mol. The van der Waals surface area contributed by atoms with Crippen molar-refractivity contribution in [3.63, 3.8) is 0 Å². The second-order valence-corrected chi connectivity index (χ2v) is 14.2. The van der Waals surface area contributed by atoms with Gasteiger partial charge >= 0.3 is 11.9 Å². The third kappa shape index (κ3) is 17.8. The Labute approximate surface area is 308 Å². The summed E-state index contributed by atoms with van der Waals surface area (Å²) in [6.45, 7) is 1.53. The van der Waals surface area contributed by atoms with Crippen LogP contribution in [0.2, 0.25) is 0 Å². The van der Waals surface area contributed by atoms with E-state index >= 15 is 0 Å².